The number of nitrogens with zero attached hydrogens (tertiary/aromatic N) is 2. The van der Waals surface area contributed by atoms with Crippen LogP contribution in [0.4, 0.5) is 0 Å². The fourth-order valence-electron chi connectivity index (χ4n) is 1.48. The molecule has 1 heterocycles. The highest BCUT2D eigenvalue weighted by molar-refractivity contribution is 7.89. The Labute approximate surface area is 100 Å². The van der Waals surface area contributed by atoms with Gasteiger partial charge in [0.2, 0.25) is 0 Å². The average Bonchev–Trinajstić information content (AvgIpc) is 2.84. The van der Waals surface area contributed by atoms with Gasteiger partial charge in [0.25, 0.3) is 10.0 Å². The lowest BCUT2D eigenvalue weighted by Crippen LogP contribution is -2.26. The molecule has 0 spiro atoms. The summed E-state index contributed by atoms with van der Waals surface area (Å²) >= 11 is 0. The Morgan fingerprint density at radius 3 is 2.53 bits per heavy atom. The Bertz CT molecular complexity index is 564. The van der Waals surface area contributed by atoms with Gasteiger partial charge in [-0.05, 0) is 11.6 Å². The van der Waals surface area contributed by atoms with Gasteiger partial charge in [-0.2, -0.15) is 9.40 Å². The summed E-state index contributed by atoms with van der Waals surface area (Å²) in [6, 6.07) is 10.9. The van der Waals surface area contributed by atoms with Crippen molar-refractivity contribution in [3.63, 3.8) is 0 Å². The standard InChI is InChI=1S/C11H13N3O2S/c1-14(9-10-5-3-2-4-6-10)17(15,16)11-7-8-12-13-11/h2-8H,9H2,1H3,(H,12,13). The molecule has 0 unspecified atom stereocenters. The Morgan fingerprint density at radius 2 is 1.94 bits per heavy atom. The van der Waals surface area contributed by atoms with Crippen LogP contribution in [0, 0.1) is 0 Å². The molecule has 1 aromatic heterocycles. The largest absolute Gasteiger partial charge is 0.266 e. The minimum Gasteiger partial charge on any atom is -0.266 e. The highest BCUT2D eigenvalue weighted by Gasteiger charge is 2.21. The molecule has 1 aromatic carbocycles. The summed E-state index contributed by atoms with van der Waals surface area (Å²) in [6.07, 6.45) is 1.42. The number of hydrogen-bond donors (Lipinski definition) is 1. The molecule has 0 aliphatic carbocycles. The van der Waals surface area contributed by atoms with Gasteiger partial charge < -0.3 is 0 Å². The maximum Gasteiger partial charge on any atom is 0.260 e. The van der Waals surface area contributed by atoms with Crippen molar-refractivity contribution in [2.24, 2.45) is 0 Å². The molecule has 6 heteroatoms. The van der Waals surface area contributed by atoms with E-state index in [1.54, 1.807) is 7.05 Å². The van der Waals surface area contributed by atoms with Crippen LogP contribution in [0.5, 0.6) is 0 Å². The van der Waals surface area contributed by atoms with Crippen LogP contribution in [0.3, 0.4) is 0 Å². The first-order valence-corrected chi connectivity index (χ1v) is 6.54. The lowest BCUT2D eigenvalue weighted by Gasteiger charge is -2.15. The van der Waals surface area contributed by atoms with Crippen molar-refractivity contribution >= 4 is 10.0 Å². The fraction of sp³-hybridized carbons (Fsp3) is 0.182. The molecule has 2 aromatic rings. The summed E-state index contributed by atoms with van der Waals surface area (Å²) < 4.78 is 25.4. The Hall–Kier alpha value is -1.66. The second-order valence-corrected chi connectivity index (χ2v) is 5.68. The number of benzene rings is 1. The van der Waals surface area contributed by atoms with E-state index in [9.17, 15) is 8.42 Å². The van der Waals surface area contributed by atoms with Gasteiger partial charge in [0.05, 0.1) is 6.20 Å². The van der Waals surface area contributed by atoms with Gasteiger partial charge in [-0.1, -0.05) is 30.3 Å². The van der Waals surface area contributed by atoms with E-state index in [1.807, 2.05) is 30.3 Å². The number of H-pyrrole nitrogens is 1. The molecule has 90 valence electrons. The van der Waals surface area contributed by atoms with Gasteiger partial charge in [0.1, 0.15) is 0 Å². The zero-order chi connectivity index (χ0) is 12.3. The number of nitrogens with one attached hydrogen (secondary N) is 1. The molecule has 5 nitrogen and oxygen atoms in total. The van der Waals surface area contributed by atoms with Crippen molar-refractivity contribution in [2.45, 2.75) is 11.6 Å². The van der Waals surface area contributed by atoms with Crippen LogP contribution < -0.4 is 0 Å². The normalized spacial score (nSPS) is 11.9. The van der Waals surface area contributed by atoms with Crippen molar-refractivity contribution in [2.75, 3.05) is 7.05 Å². The fourth-order valence-corrected chi connectivity index (χ4v) is 2.54. The van der Waals surface area contributed by atoms with Crippen molar-refractivity contribution in [1.82, 2.24) is 14.5 Å². The van der Waals surface area contributed by atoms with Gasteiger partial charge in [0.15, 0.2) is 5.03 Å². The molecular weight excluding hydrogens is 238 g/mol. The quantitative estimate of drug-likeness (QED) is 0.888. The molecular formula is C11H13N3O2S. The van der Waals surface area contributed by atoms with E-state index in [4.69, 9.17) is 0 Å². The van der Waals surface area contributed by atoms with Crippen LogP contribution in [0.15, 0.2) is 47.6 Å². The van der Waals surface area contributed by atoms with Crippen molar-refractivity contribution in [1.29, 1.82) is 0 Å². The van der Waals surface area contributed by atoms with E-state index < -0.39 is 10.0 Å². The van der Waals surface area contributed by atoms with Crippen LogP contribution in [0.2, 0.25) is 0 Å². The molecule has 1 N–H and O–H groups in total. The van der Waals surface area contributed by atoms with Crippen LogP contribution >= 0.6 is 0 Å². The lowest BCUT2D eigenvalue weighted by atomic mass is 10.2. The number of sulfonamides is 1. The average molecular weight is 251 g/mol. The first kappa shape index (κ1) is 11.8. The van der Waals surface area contributed by atoms with Crippen molar-refractivity contribution in [3.8, 4) is 0 Å². The molecule has 0 bridgehead atoms. The van der Waals surface area contributed by atoms with E-state index in [0.717, 1.165) is 5.56 Å². The summed E-state index contributed by atoms with van der Waals surface area (Å²) in [5.41, 5.74) is 0.943. The summed E-state index contributed by atoms with van der Waals surface area (Å²) in [7, 11) is -1.93. The second-order valence-electron chi connectivity index (χ2n) is 3.67. The Kier molecular flexibility index (Phi) is 3.26. The van der Waals surface area contributed by atoms with E-state index in [1.165, 1.54) is 16.6 Å². The molecule has 0 saturated heterocycles. The Morgan fingerprint density at radius 1 is 1.24 bits per heavy atom. The maximum absolute atomic E-state index is 12.1. The minimum atomic E-state index is -3.48. The molecule has 0 amide bonds. The number of hydrogen-bond acceptors (Lipinski definition) is 3. The highest BCUT2D eigenvalue weighted by atomic mass is 32.2. The van der Waals surface area contributed by atoms with E-state index >= 15 is 0 Å². The zero-order valence-corrected chi connectivity index (χ0v) is 10.2. The third-order valence-electron chi connectivity index (χ3n) is 2.41. The number of aromatic nitrogens is 2. The molecule has 0 atom stereocenters. The number of aromatic amines is 1. The monoisotopic (exact) mass is 251 g/mol. The molecule has 0 radical (unpaired) electrons. The second kappa shape index (κ2) is 4.68. The summed E-state index contributed by atoms with van der Waals surface area (Å²) in [5.74, 6) is 0. The minimum absolute atomic E-state index is 0.107. The predicted molar refractivity (Wildman–Crippen MR) is 63.7 cm³/mol. The first-order chi connectivity index (χ1) is 8.10. The van der Waals surface area contributed by atoms with Gasteiger partial charge >= 0.3 is 0 Å². The van der Waals surface area contributed by atoms with E-state index in [-0.39, 0.29) is 5.03 Å². The third kappa shape index (κ3) is 2.54. The van der Waals surface area contributed by atoms with Gasteiger partial charge in [-0.15, -0.1) is 0 Å². The topological polar surface area (TPSA) is 66.1 Å². The van der Waals surface area contributed by atoms with Gasteiger partial charge in [-0.25, -0.2) is 8.42 Å². The third-order valence-corrected chi connectivity index (χ3v) is 4.14. The molecule has 0 aliphatic rings. The first-order valence-electron chi connectivity index (χ1n) is 5.10. The molecule has 17 heavy (non-hydrogen) atoms. The predicted octanol–water partition coefficient (Wildman–Crippen LogP) is 1.23. The van der Waals surface area contributed by atoms with Crippen molar-refractivity contribution in [3.05, 3.63) is 48.2 Å². The summed E-state index contributed by atoms with van der Waals surface area (Å²) in [6.45, 7) is 0.336. The smallest absolute Gasteiger partial charge is 0.260 e. The van der Waals surface area contributed by atoms with E-state index in [2.05, 4.69) is 10.2 Å². The van der Waals surface area contributed by atoms with Gasteiger partial charge in [-0.3, -0.25) is 5.10 Å². The van der Waals surface area contributed by atoms with Gasteiger partial charge in [0, 0.05) is 13.6 Å². The van der Waals surface area contributed by atoms with Crippen molar-refractivity contribution < 1.29 is 8.42 Å². The van der Waals surface area contributed by atoms with Crippen LogP contribution in [-0.2, 0) is 16.6 Å². The SMILES string of the molecule is CN(Cc1ccccc1)S(=O)(=O)c1ccn[nH]1. The summed E-state index contributed by atoms with van der Waals surface area (Å²) in [4.78, 5) is 0. The lowest BCUT2D eigenvalue weighted by molar-refractivity contribution is 0.463. The maximum atomic E-state index is 12.1. The van der Waals surface area contributed by atoms with Crippen LogP contribution in [0.25, 0.3) is 0 Å². The number of rotatable bonds is 4. The van der Waals surface area contributed by atoms with Crippen LogP contribution in [-0.4, -0.2) is 30.0 Å². The highest BCUT2D eigenvalue weighted by Crippen LogP contribution is 2.13. The summed E-state index contributed by atoms with van der Waals surface area (Å²) in [5, 5.41) is 6.22. The molecule has 0 saturated carbocycles. The molecule has 0 aliphatic heterocycles. The zero-order valence-electron chi connectivity index (χ0n) is 9.37. The molecule has 0 fully saturated rings. The van der Waals surface area contributed by atoms with Crippen LogP contribution in [0.1, 0.15) is 5.56 Å². The van der Waals surface area contributed by atoms with E-state index in [0.29, 0.717) is 6.54 Å². The Balaban J connectivity index is 2.19. The molecule has 2 rings (SSSR count).